The zero-order chi connectivity index (χ0) is 24.3. The van der Waals surface area contributed by atoms with Crippen LogP contribution in [0.25, 0.3) is 0 Å². The molecule has 180 valence electrons. The van der Waals surface area contributed by atoms with Crippen LogP contribution in [0.4, 0.5) is 5.69 Å². The van der Waals surface area contributed by atoms with Crippen LogP contribution >= 0.6 is 0 Å². The Hall–Kier alpha value is -3.68. The summed E-state index contributed by atoms with van der Waals surface area (Å²) in [6.07, 6.45) is 4.85. The van der Waals surface area contributed by atoms with Crippen molar-refractivity contribution in [3.8, 4) is 0 Å². The summed E-state index contributed by atoms with van der Waals surface area (Å²) in [5, 5.41) is 8.11. The number of carbonyl (C=O) groups is 4. The number of benzene rings is 2. The molecule has 1 saturated carbocycles. The second-order valence-electron chi connectivity index (χ2n) is 8.41. The number of para-hydroxylation sites is 1. The topological polar surface area (TPSA) is 114 Å². The zero-order valence-corrected chi connectivity index (χ0v) is 19.3. The summed E-state index contributed by atoms with van der Waals surface area (Å²) in [6.45, 7) is 1.08. The molecule has 2 aromatic carbocycles. The normalized spacial score (nSPS) is 14.5. The molecule has 3 amide bonds. The molecule has 0 saturated heterocycles. The van der Waals surface area contributed by atoms with Crippen molar-refractivity contribution in [2.45, 2.75) is 45.1 Å². The summed E-state index contributed by atoms with van der Waals surface area (Å²) in [5.41, 5.74) is 1.57. The molecule has 0 bridgehead atoms. The molecule has 1 aliphatic carbocycles. The van der Waals surface area contributed by atoms with E-state index in [0.29, 0.717) is 11.3 Å². The van der Waals surface area contributed by atoms with E-state index in [2.05, 4.69) is 16.0 Å². The van der Waals surface area contributed by atoms with Gasteiger partial charge in [-0.15, -0.1) is 0 Å². The Kier molecular flexibility index (Phi) is 9.20. The van der Waals surface area contributed by atoms with E-state index in [1.165, 1.54) is 0 Å². The number of hydrogen-bond donors (Lipinski definition) is 3. The number of carbonyl (C=O) groups excluding carboxylic acids is 4. The van der Waals surface area contributed by atoms with E-state index in [1.807, 2.05) is 37.3 Å². The van der Waals surface area contributed by atoms with Crippen molar-refractivity contribution < 1.29 is 23.9 Å². The minimum atomic E-state index is -0.693. The lowest BCUT2D eigenvalue weighted by Crippen LogP contribution is -2.36. The minimum absolute atomic E-state index is 0.0582. The molecule has 3 rings (SSSR count). The first-order valence-electron chi connectivity index (χ1n) is 11.6. The lowest BCUT2D eigenvalue weighted by molar-refractivity contribution is -0.147. The van der Waals surface area contributed by atoms with E-state index in [1.54, 1.807) is 24.3 Å². The lowest BCUT2D eigenvalue weighted by atomic mass is 9.89. The second-order valence-corrected chi connectivity index (χ2v) is 8.41. The van der Waals surface area contributed by atoms with Crippen molar-refractivity contribution in [3.05, 3.63) is 65.7 Å². The Morgan fingerprint density at radius 1 is 0.941 bits per heavy atom. The molecule has 8 heteroatoms. The van der Waals surface area contributed by atoms with Crippen LogP contribution in [-0.4, -0.2) is 36.8 Å². The highest BCUT2D eigenvalue weighted by Gasteiger charge is 2.22. The van der Waals surface area contributed by atoms with Crippen molar-refractivity contribution in [1.29, 1.82) is 0 Å². The molecule has 1 aliphatic rings. The van der Waals surface area contributed by atoms with Crippen molar-refractivity contribution in [1.82, 2.24) is 10.6 Å². The highest BCUT2D eigenvalue weighted by atomic mass is 16.5. The average molecular weight is 466 g/mol. The number of esters is 1. The lowest BCUT2D eigenvalue weighted by Gasteiger charge is -2.20. The maximum Gasteiger partial charge on any atom is 0.325 e. The van der Waals surface area contributed by atoms with Gasteiger partial charge in [0.1, 0.15) is 6.54 Å². The molecule has 1 atom stereocenters. The van der Waals surface area contributed by atoms with Crippen molar-refractivity contribution in [2.75, 3.05) is 18.5 Å². The molecule has 3 N–H and O–H groups in total. The monoisotopic (exact) mass is 465 g/mol. The van der Waals surface area contributed by atoms with Crippen molar-refractivity contribution in [2.24, 2.45) is 5.92 Å². The highest BCUT2D eigenvalue weighted by molar-refractivity contribution is 6.04. The van der Waals surface area contributed by atoms with Gasteiger partial charge in [0.25, 0.3) is 11.8 Å². The summed E-state index contributed by atoms with van der Waals surface area (Å²) in [4.78, 5) is 49.2. The van der Waals surface area contributed by atoms with E-state index in [9.17, 15) is 19.2 Å². The zero-order valence-electron chi connectivity index (χ0n) is 19.3. The van der Waals surface area contributed by atoms with Crippen LogP contribution in [0.2, 0.25) is 0 Å². The number of nitrogens with one attached hydrogen (secondary N) is 3. The van der Waals surface area contributed by atoms with E-state index in [4.69, 9.17) is 4.74 Å². The van der Waals surface area contributed by atoms with Gasteiger partial charge in [-0.1, -0.05) is 61.7 Å². The first kappa shape index (κ1) is 25.0. The van der Waals surface area contributed by atoms with Crippen LogP contribution in [0.15, 0.2) is 54.6 Å². The van der Waals surface area contributed by atoms with Crippen LogP contribution in [0.5, 0.6) is 0 Å². The predicted octanol–water partition coefficient (Wildman–Crippen LogP) is 3.36. The largest absolute Gasteiger partial charge is 0.454 e. The molecule has 0 heterocycles. The summed E-state index contributed by atoms with van der Waals surface area (Å²) < 4.78 is 4.97. The maximum absolute atomic E-state index is 12.8. The fourth-order valence-corrected chi connectivity index (χ4v) is 3.94. The number of rotatable bonds is 9. The molecule has 1 fully saturated rings. The molecule has 0 radical (unpaired) electrons. The Bertz CT molecular complexity index is 1000. The van der Waals surface area contributed by atoms with Gasteiger partial charge in [0.05, 0.1) is 17.3 Å². The molecule has 2 aromatic rings. The predicted molar refractivity (Wildman–Crippen MR) is 128 cm³/mol. The van der Waals surface area contributed by atoms with Crippen molar-refractivity contribution >= 4 is 29.4 Å². The second kappa shape index (κ2) is 12.5. The summed E-state index contributed by atoms with van der Waals surface area (Å²) in [6, 6.07) is 15.9. The Balaban J connectivity index is 1.47. The SMILES string of the molecule is C[C@@H](NC(=O)c1ccccc1NC(=O)COC(=O)CNC(=O)C1CCCCC1)c1ccccc1. The van der Waals surface area contributed by atoms with Gasteiger partial charge in [-0.25, -0.2) is 0 Å². The average Bonchev–Trinajstić information content (AvgIpc) is 2.87. The van der Waals surface area contributed by atoms with Crippen LogP contribution in [-0.2, 0) is 19.1 Å². The van der Waals surface area contributed by atoms with Gasteiger partial charge in [-0.05, 0) is 37.5 Å². The van der Waals surface area contributed by atoms with Crippen LogP contribution in [0, 0.1) is 5.92 Å². The van der Waals surface area contributed by atoms with Gasteiger partial charge in [-0.2, -0.15) is 0 Å². The van der Waals surface area contributed by atoms with Gasteiger partial charge >= 0.3 is 5.97 Å². The quantitative estimate of drug-likeness (QED) is 0.492. The van der Waals surface area contributed by atoms with E-state index in [-0.39, 0.29) is 30.3 Å². The number of ether oxygens (including phenoxy) is 1. The first-order valence-corrected chi connectivity index (χ1v) is 11.6. The van der Waals surface area contributed by atoms with E-state index < -0.39 is 18.5 Å². The highest BCUT2D eigenvalue weighted by Crippen LogP contribution is 2.23. The Labute approximate surface area is 199 Å². The van der Waals surface area contributed by atoms with E-state index in [0.717, 1.165) is 37.7 Å². The number of anilines is 1. The maximum atomic E-state index is 12.8. The Morgan fingerprint density at radius 3 is 2.35 bits per heavy atom. The number of hydrogen-bond acceptors (Lipinski definition) is 5. The Morgan fingerprint density at radius 2 is 1.62 bits per heavy atom. The standard InChI is InChI=1S/C26H31N3O5/c1-18(19-10-4-2-5-11-19)28-26(33)21-14-8-9-15-22(21)29-23(30)17-34-24(31)16-27-25(32)20-12-6-3-7-13-20/h2,4-5,8-11,14-15,18,20H,3,6-7,12-13,16-17H2,1H3,(H,27,32)(H,28,33)(H,29,30)/t18-/m1/s1. The van der Waals surface area contributed by atoms with Gasteiger partial charge in [-0.3, -0.25) is 19.2 Å². The molecule has 0 aromatic heterocycles. The van der Waals surface area contributed by atoms with Crippen LogP contribution < -0.4 is 16.0 Å². The first-order chi connectivity index (χ1) is 16.4. The van der Waals surface area contributed by atoms with E-state index >= 15 is 0 Å². The summed E-state index contributed by atoms with van der Waals surface area (Å²) in [5.74, 6) is -1.82. The summed E-state index contributed by atoms with van der Waals surface area (Å²) in [7, 11) is 0. The molecular weight excluding hydrogens is 434 g/mol. The fraction of sp³-hybridized carbons (Fsp3) is 0.385. The fourth-order valence-electron chi connectivity index (χ4n) is 3.94. The third-order valence-corrected chi connectivity index (χ3v) is 5.84. The molecular formula is C26H31N3O5. The summed E-state index contributed by atoms with van der Waals surface area (Å²) >= 11 is 0. The van der Waals surface area contributed by atoms with Gasteiger partial charge in [0.2, 0.25) is 5.91 Å². The third kappa shape index (κ3) is 7.43. The molecule has 0 aliphatic heterocycles. The van der Waals surface area contributed by atoms with Crippen molar-refractivity contribution in [3.63, 3.8) is 0 Å². The molecule has 0 spiro atoms. The molecule has 34 heavy (non-hydrogen) atoms. The van der Waals surface area contributed by atoms with Crippen LogP contribution in [0.1, 0.15) is 61.0 Å². The minimum Gasteiger partial charge on any atom is -0.454 e. The third-order valence-electron chi connectivity index (χ3n) is 5.84. The number of amides is 3. The molecule has 8 nitrogen and oxygen atoms in total. The smallest absolute Gasteiger partial charge is 0.325 e. The van der Waals surface area contributed by atoms with Crippen LogP contribution in [0.3, 0.4) is 0 Å². The van der Waals surface area contributed by atoms with Gasteiger partial charge in [0, 0.05) is 5.92 Å². The van der Waals surface area contributed by atoms with Gasteiger partial charge in [0.15, 0.2) is 6.61 Å². The molecule has 0 unspecified atom stereocenters. The van der Waals surface area contributed by atoms with Gasteiger partial charge < -0.3 is 20.7 Å².